The summed E-state index contributed by atoms with van der Waals surface area (Å²) in [5, 5.41) is 13.2. The Bertz CT molecular complexity index is 236. The molecular weight excluding hydrogens is 268 g/mol. The van der Waals surface area contributed by atoms with Crippen LogP contribution in [-0.4, -0.2) is 74.8 Å². The van der Waals surface area contributed by atoms with Gasteiger partial charge >= 0.3 is 0 Å². The van der Waals surface area contributed by atoms with Crippen LogP contribution in [0, 0.1) is 0 Å². The number of nitrogens with one attached hydrogen (secondary N) is 1. The van der Waals surface area contributed by atoms with E-state index in [1.165, 1.54) is 25.9 Å². The predicted octanol–water partition coefficient (Wildman–Crippen LogP) is 1.25. The van der Waals surface area contributed by atoms with Crippen LogP contribution in [0.2, 0.25) is 0 Å². The highest BCUT2D eigenvalue weighted by Crippen LogP contribution is 2.07. The topological polar surface area (TPSA) is 54.0 Å². The van der Waals surface area contributed by atoms with Crippen molar-refractivity contribution in [2.24, 2.45) is 0 Å². The molecule has 0 spiro atoms. The Labute approximate surface area is 130 Å². The van der Waals surface area contributed by atoms with E-state index in [2.05, 4.69) is 24.1 Å². The van der Waals surface area contributed by atoms with Gasteiger partial charge in [-0.05, 0) is 39.3 Å². The molecule has 2 atom stereocenters. The highest BCUT2D eigenvalue weighted by atomic mass is 16.5. The monoisotopic (exact) mass is 302 g/mol. The molecule has 0 aliphatic carbocycles. The summed E-state index contributed by atoms with van der Waals surface area (Å²) in [6.45, 7) is 10.8. The first-order valence-corrected chi connectivity index (χ1v) is 8.51. The summed E-state index contributed by atoms with van der Waals surface area (Å²) in [4.78, 5) is 2.48. The van der Waals surface area contributed by atoms with Gasteiger partial charge in [-0.2, -0.15) is 0 Å². The van der Waals surface area contributed by atoms with Crippen molar-refractivity contribution in [2.45, 2.75) is 51.7 Å². The lowest BCUT2D eigenvalue weighted by molar-refractivity contribution is 0.00311. The minimum Gasteiger partial charge on any atom is -0.389 e. The maximum atomic E-state index is 9.86. The highest BCUT2D eigenvalue weighted by Gasteiger charge is 2.15. The fraction of sp³-hybridized carbons (Fsp3) is 1.00. The van der Waals surface area contributed by atoms with Gasteiger partial charge in [-0.15, -0.1) is 0 Å². The van der Waals surface area contributed by atoms with E-state index in [-0.39, 0.29) is 0 Å². The molecule has 0 aromatic heterocycles. The number of rotatable bonds is 13. The van der Waals surface area contributed by atoms with Gasteiger partial charge in [0.25, 0.3) is 0 Å². The lowest BCUT2D eigenvalue weighted by atomic mass is 10.3. The third kappa shape index (κ3) is 10.2. The van der Waals surface area contributed by atoms with Crippen LogP contribution in [0.4, 0.5) is 0 Å². The summed E-state index contributed by atoms with van der Waals surface area (Å²) in [5.41, 5.74) is 0. The molecule has 0 aromatic rings. The van der Waals surface area contributed by atoms with E-state index < -0.39 is 6.10 Å². The van der Waals surface area contributed by atoms with E-state index in [9.17, 15) is 5.11 Å². The molecule has 5 nitrogen and oxygen atoms in total. The summed E-state index contributed by atoms with van der Waals surface area (Å²) in [7, 11) is 0. The molecule has 1 aliphatic rings. The van der Waals surface area contributed by atoms with Crippen LogP contribution in [0.1, 0.15) is 39.5 Å². The summed E-state index contributed by atoms with van der Waals surface area (Å²) in [5.74, 6) is 0. The quantitative estimate of drug-likeness (QED) is 0.502. The second-order valence-corrected chi connectivity index (χ2v) is 6.01. The number of nitrogens with zero attached hydrogens (tertiary/aromatic N) is 1. The van der Waals surface area contributed by atoms with Gasteiger partial charge in [-0.25, -0.2) is 0 Å². The van der Waals surface area contributed by atoms with Gasteiger partial charge in [-0.1, -0.05) is 13.3 Å². The van der Waals surface area contributed by atoms with Crippen LogP contribution in [-0.2, 0) is 9.47 Å². The largest absolute Gasteiger partial charge is 0.389 e. The van der Waals surface area contributed by atoms with Crippen molar-refractivity contribution in [3.63, 3.8) is 0 Å². The zero-order chi connectivity index (χ0) is 15.3. The predicted molar refractivity (Wildman–Crippen MR) is 85.7 cm³/mol. The molecule has 0 bridgehead atoms. The lowest BCUT2D eigenvalue weighted by Crippen LogP contribution is -2.42. The van der Waals surface area contributed by atoms with Crippen LogP contribution in [0.25, 0.3) is 0 Å². The molecule has 1 heterocycles. The molecule has 0 radical (unpaired) electrons. The molecule has 0 aromatic carbocycles. The first kappa shape index (κ1) is 18.8. The third-order valence-electron chi connectivity index (χ3n) is 3.76. The average Bonchev–Trinajstić information content (AvgIpc) is 2.97. The van der Waals surface area contributed by atoms with E-state index >= 15 is 0 Å². The maximum absolute atomic E-state index is 9.86. The average molecular weight is 302 g/mol. The van der Waals surface area contributed by atoms with Crippen LogP contribution in [0.15, 0.2) is 0 Å². The Morgan fingerprint density at radius 2 is 1.86 bits per heavy atom. The molecule has 126 valence electrons. The van der Waals surface area contributed by atoms with E-state index in [1.807, 2.05) is 0 Å². The number of likely N-dealkylation sites (tertiary alicyclic amines) is 1. The van der Waals surface area contributed by atoms with Crippen molar-refractivity contribution in [3.8, 4) is 0 Å². The van der Waals surface area contributed by atoms with E-state index in [1.54, 1.807) is 0 Å². The van der Waals surface area contributed by atoms with Gasteiger partial charge in [-0.3, -0.25) is 0 Å². The summed E-state index contributed by atoms with van der Waals surface area (Å²) in [6.07, 6.45) is 4.46. The van der Waals surface area contributed by atoms with Crippen molar-refractivity contribution < 1.29 is 14.6 Å². The first-order valence-electron chi connectivity index (χ1n) is 8.51. The minimum absolute atomic E-state index is 0.376. The Kier molecular flexibility index (Phi) is 11.1. The van der Waals surface area contributed by atoms with Crippen molar-refractivity contribution in [1.82, 2.24) is 10.2 Å². The Morgan fingerprint density at radius 3 is 2.57 bits per heavy atom. The Morgan fingerprint density at radius 1 is 1.14 bits per heavy atom. The molecule has 21 heavy (non-hydrogen) atoms. The maximum Gasteiger partial charge on any atom is 0.0897 e. The molecule has 0 saturated carbocycles. The van der Waals surface area contributed by atoms with Crippen molar-refractivity contribution in [1.29, 1.82) is 0 Å². The Hall–Kier alpha value is -0.200. The molecular formula is C16H34N2O3. The van der Waals surface area contributed by atoms with Crippen molar-refractivity contribution >= 4 is 0 Å². The first-order chi connectivity index (χ1) is 10.2. The van der Waals surface area contributed by atoms with E-state index in [0.29, 0.717) is 32.4 Å². The van der Waals surface area contributed by atoms with Crippen molar-refractivity contribution in [2.75, 3.05) is 52.6 Å². The number of ether oxygens (including phenoxy) is 2. The molecule has 2 N–H and O–H groups in total. The van der Waals surface area contributed by atoms with Gasteiger partial charge in [0.05, 0.1) is 25.9 Å². The molecule has 5 heteroatoms. The van der Waals surface area contributed by atoms with Gasteiger partial charge in [0.15, 0.2) is 0 Å². The fourth-order valence-electron chi connectivity index (χ4n) is 2.50. The van der Waals surface area contributed by atoms with Crippen molar-refractivity contribution in [3.05, 3.63) is 0 Å². The van der Waals surface area contributed by atoms with Gasteiger partial charge in [0.1, 0.15) is 0 Å². The van der Waals surface area contributed by atoms with E-state index in [0.717, 1.165) is 26.0 Å². The minimum atomic E-state index is -0.443. The Balaban J connectivity index is 1.89. The third-order valence-corrected chi connectivity index (χ3v) is 3.76. The summed E-state index contributed by atoms with van der Waals surface area (Å²) >= 11 is 0. The standard InChI is InChI=1S/C16H34N2O3/c1-3-4-9-20-10-11-21-14-16(19)12-17-15(2)13-18-7-5-6-8-18/h15-17,19H,3-14H2,1-2H3. The molecule has 1 rings (SSSR count). The summed E-state index contributed by atoms with van der Waals surface area (Å²) < 4.78 is 10.8. The molecule has 0 amide bonds. The molecule has 1 fully saturated rings. The second-order valence-electron chi connectivity index (χ2n) is 6.01. The number of hydrogen-bond acceptors (Lipinski definition) is 5. The zero-order valence-corrected chi connectivity index (χ0v) is 13.9. The van der Waals surface area contributed by atoms with E-state index in [4.69, 9.17) is 9.47 Å². The van der Waals surface area contributed by atoms with Gasteiger partial charge in [0, 0.05) is 25.7 Å². The number of aliphatic hydroxyl groups excluding tert-OH is 1. The number of aliphatic hydroxyl groups is 1. The second kappa shape index (κ2) is 12.4. The van der Waals surface area contributed by atoms with Crippen LogP contribution < -0.4 is 5.32 Å². The van der Waals surface area contributed by atoms with Gasteiger partial charge < -0.3 is 24.8 Å². The number of unbranched alkanes of at least 4 members (excludes halogenated alkanes) is 1. The lowest BCUT2D eigenvalue weighted by Gasteiger charge is -2.22. The smallest absolute Gasteiger partial charge is 0.0897 e. The highest BCUT2D eigenvalue weighted by molar-refractivity contribution is 4.73. The molecule has 1 saturated heterocycles. The van der Waals surface area contributed by atoms with Crippen LogP contribution >= 0.6 is 0 Å². The molecule has 2 unspecified atom stereocenters. The van der Waals surface area contributed by atoms with Crippen LogP contribution in [0.5, 0.6) is 0 Å². The zero-order valence-electron chi connectivity index (χ0n) is 13.9. The normalized spacial score (nSPS) is 19.0. The molecule has 1 aliphatic heterocycles. The number of hydrogen-bond donors (Lipinski definition) is 2. The van der Waals surface area contributed by atoms with Crippen LogP contribution in [0.3, 0.4) is 0 Å². The SMILES string of the molecule is CCCCOCCOCC(O)CNC(C)CN1CCCC1. The summed E-state index contributed by atoms with van der Waals surface area (Å²) in [6, 6.07) is 0.412. The van der Waals surface area contributed by atoms with Gasteiger partial charge in [0.2, 0.25) is 0 Å². The fourth-order valence-corrected chi connectivity index (χ4v) is 2.50.